The minimum Gasteiger partial charge on any atom is -0.326 e. The third-order valence-corrected chi connectivity index (χ3v) is 5.84. The molecule has 138 valence electrons. The van der Waals surface area contributed by atoms with Gasteiger partial charge in [-0.2, -0.15) is 5.10 Å². The number of fused-ring (bicyclic) bond motifs is 1. The van der Waals surface area contributed by atoms with Crippen LogP contribution in [0.25, 0.3) is 11.3 Å². The third-order valence-electron chi connectivity index (χ3n) is 5.10. The zero-order chi connectivity index (χ0) is 18.8. The van der Waals surface area contributed by atoms with Crippen LogP contribution in [0.15, 0.2) is 59.5 Å². The van der Waals surface area contributed by atoms with Crippen molar-refractivity contribution in [1.82, 2.24) is 15.1 Å². The van der Waals surface area contributed by atoms with Gasteiger partial charge >= 0.3 is 0 Å². The Labute approximate surface area is 164 Å². The standard InChI is InChI=1S/C22H23N3OS/c1-3-4-14-25-21(16-10-12-17(27-2)13-11-16)18-19(15-8-6-5-7-9-15)23-24-20(18)22(25)26/h5-13,21H,3-4,14H2,1-2H3,(H,23,24). The molecule has 0 spiro atoms. The first-order chi connectivity index (χ1) is 13.2. The minimum absolute atomic E-state index is 0.0482. The Bertz CT molecular complexity index is 934. The molecule has 2 heterocycles. The molecule has 1 aromatic heterocycles. The quantitative estimate of drug-likeness (QED) is 0.605. The average Bonchev–Trinajstić information content (AvgIpc) is 3.26. The van der Waals surface area contributed by atoms with E-state index in [0.29, 0.717) is 5.69 Å². The van der Waals surface area contributed by atoms with Crippen LogP contribution < -0.4 is 0 Å². The number of unbranched alkanes of at least 4 members (excludes halogenated alkanes) is 1. The number of carbonyl (C=O) groups excluding carboxylic acids is 1. The summed E-state index contributed by atoms with van der Waals surface area (Å²) in [4.78, 5) is 16.3. The van der Waals surface area contributed by atoms with E-state index in [0.717, 1.165) is 41.8 Å². The molecule has 1 atom stereocenters. The number of nitrogens with one attached hydrogen (secondary N) is 1. The second kappa shape index (κ2) is 7.61. The number of amides is 1. The zero-order valence-corrected chi connectivity index (χ0v) is 16.4. The lowest BCUT2D eigenvalue weighted by Crippen LogP contribution is -2.30. The SMILES string of the molecule is CCCCN1C(=O)c2[nH]nc(-c3ccccc3)c2C1c1ccc(SC)cc1. The summed E-state index contributed by atoms with van der Waals surface area (Å²) >= 11 is 1.72. The van der Waals surface area contributed by atoms with Crippen LogP contribution in [0.4, 0.5) is 0 Å². The highest BCUT2D eigenvalue weighted by atomic mass is 32.2. The lowest BCUT2D eigenvalue weighted by molar-refractivity contribution is 0.0741. The number of nitrogens with zero attached hydrogens (tertiary/aromatic N) is 2. The topological polar surface area (TPSA) is 49.0 Å². The van der Waals surface area contributed by atoms with Crippen molar-refractivity contribution in [2.75, 3.05) is 12.8 Å². The van der Waals surface area contributed by atoms with Crippen molar-refractivity contribution in [3.63, 3.8) is 0 Å². The summed E-state index contributed by atoms with van der Waals surface area (Å²) in [6.07, 6.45) is 4.12. The summed E-state index contributed by atoms with van der Waals surface area (Å²) in [6, 6.07) is 18.5. The molecule has 0 fully saturated rings. The lowest BCUT2D eigenvalue weighted by Gasteiger charge is -2.26. The van der Waals surface area contributed by atoms with Gasteiger partial charge in [0.2, 0.25) is 0 Å². The summed E-state index contributed by atoms with van der Waals surface area (Å²) < 4.78 is 0. The predicted molar refractivity (Wildman–Crippen MR) is 110 cm³/mol. The van der Waals surface area contributed by atoms with Gasteiger partial charge in [0.1, 0.15) is 5.69 Å². The van der Waals surface area contributed by atoms with Gasteiger partial charge in [-0.1, -0.05) is 55.8 Å². The fourth-order valence-corrected chi connectivity index (χ4v) is 4.11. The van der Waals surface area contributed by atoms with E-state index < -0.39 is 0 Å². The second-order valence-electron chi connectivity index (χ2n) is 6.75. The second-order valence-corrected chi connectivity index (χ2v) is 7.63. The van der Waals surface area contributed by atoms with Gasteiger partial charge in [0.15, 0.2) is 0 Å². The number of benzene rings is 2. The molecular weight excluding hydrogens is 354 g/mol. The van der Waals surface area contributed by atoms with Crippen molar-refractivity contribution in [3.05, 3.63) is 71.4 Å². The van der Waals surface area contributed by atoms with Gasteiger partial charge < -0.3 is 4.90 Å². The Morgan fingerprint density at radius 2 is 1.85 bits per heavy atom. The number of aromatic nitrogens is 2. The van der Waals surface area contributed by atoms with E-state index >= 15 is 0 Å². The zero-order valence-electron chi connectivity index (χ0n) is 15.6. The molecule has 1 unspecified atom stereocenters. The maximum atomic E-state index is 13.1. The highest BCUT2D eigenvalue weighted by Gasteiger charge is 2.41. The maximum absolute atomic E-state index is 13.1. The van der Waals surface area contributed by atoms with Crippen LogP contribution in [-0.2, 0) is 0 Å². The lowest BCUT2D eigenvalue weighted by atomic mass is 9.96. The molecule has 1 amide bonds. The Balaban J connectivity index is 1.83. The van der Waals surface area contributed by atoms with Gasteiger partial charge in [0, 0.05) is 22.6 Å². The molecule has 4 rings (SSSR count). The summed E-state index contributed by atoms with van der Waals surface area (Å²) in [6.45, 7) is 2.90. The number of rotatable bonds is 6. The van der Waals surface area contributed by atoms with Crippen LogP contribution in [-0.4, -0.2) is 33.8 Å². The van der Waals surface area contributed by atoms with Gasteiger partial charge in [0.25, 0.3) is 5.91 Å². The molecule has 1 aliphatic heterocycles. The maximum Gasteiger partial charge on any atom is 0.273 e. The molecule has 0 radical (unpaired) electrons. The highest BCUT2D eigenvalue weighted by Crippen LogP contribution is 2.43. The summed E-state index contributed by atoms with van der Waals surface area (Å²) in [5.74, 6) is 0.0482. The van der Waals surface area contributed by atoms with Crippen molar-refractivity contribution in [1.29, 1.82) is 0 Å². The van der Waals surface area contributed by atoms with E-state index in [9.17, 15) is 4.79 Å². The summed E-state index contributed by atoms with van der Waals surface area (Å²) in [7, 11) is 0. The van der Waals surface area contributed by atoms with Crippen LogP contribution in [0, 0.1) is 0 Å². The molecule has 2 aromatic carbocycles. The van der Waals surface area contributed by atoms with Gasteiger partial charge in [-0.05, 0) is 30.4 Å². The normalized spacial score (nSPS) is 16.0. The number of H-pyrrole nitrogens is 1. The van der Waals surface area contributed by atoms with E-state index in [-0.39, 0.29) is 11.9 Å². The Morgan fingerprint density at radius 1 is 1.11 bits per heavy atom. The molecule has 4 nitrogen and oxygen atoms in total. The van der Waals surface area contributed by atoms with Gasteiger partial charge in [0.05, 0.1) is 11.7 Å². The van der Waals surface area contributed by atoms with Gasteiger partial charge in [-0.3, -0.25) is 9.89 Å². The predicted octanol–water partition coefficient (Wildman–Crippen LogP) is 5.14. The van der Waals surface area contributed by atoms with Crippen LogP contribution in [0.2, 0.25) is 0 Å². The number of hydrogen-bond acceptors (Lipinski definition) is 3. The number of thioether (sulfide) groups is 1. The molecule has 0 bridgehead atoms. The van der Waals surface area contributed by atoms with Crippen LogP contribution >= 0.6 is 11.8 Å². The Hall–Kier alpha value is -2.53. The van der Waals surface area contributed by atoms with Crippen LogP contribution in [0.5, 0.6) is 0 Å². The third kappa shape index (κ3) is 3.16. The molecule has 27 heavy (non-hydrogen) atoms. The van der Waals surface area contributed by atoms with Crippen molar-refractivity contribution in [2.24, 2.45) is 0 Å². The first kappa shape index (κ1) is 17.9. The molecular formula is C22H23N3OS. The molecule has 5 heteroatoms. The first-order valence-electron chi connectivity index (χ1n) is 9.33. The fourth-order valence-electron chi connectivity index (χ4n) is 3.70. The smallest absolute Gasteiger partial charge is 0.273 e. The summed E-state index contributed by atoms with van der Waals surface area (Å²) in [5.41, 5.74) is 4.67. The van der Waals surface area contributed by atoms with E-state index in [4.69, 9.17) is 0 Å². The Kier molecular flexibility index (Phi) is 5.03. The van der Waals surface area contributed by atoms with Crippen LogP contribution in [0.3, 0.4) is 0 Å². The number of aromatic amines is 1. The van der Waals surface area contributed by atoms with E-state index in [2.05, 4.69) is 47.6 Å². The minimum atomic E-state index is -0.0936. The van der Waals surface area contributed by atoms with Crippen LogP contribution in [0.1, 0.15) is 47.4 Å². The van der Waals surface area contributed by atoms with E-state index in [1.165, 1.54) is 4.90 Å². The molecule has 0 aliphatic carbocycles. The van der Waals surface area contributed by atoms with Gasteiger partial charge in [-0.15, -0.1) is 11.8 Å². The molecule has 3 aromatic rings. The Morgan fingerprint density at radius 3 is 2.52 bits per heavy atom. The van der Waals surface area contributed by atoms with Crippen molar-refractivity contribution >= 4 is 17.7 Å². The van der Waals surface area contributed by atoms with Gasteiger partial charge in [-0.25, -0.2) is 0 Å². The monoisotopic (exact) mass is 377 g/mol. The fraction of sp³-hybridized carbons (Fsp3) is 0.273. The molecule has 0 saturated heterocycles. The van der Waals surface area contributed by atoms with Crippen molar-refractivity contribution < 1.29 is 4.79 Å². The van der Waals surface area contributed by atoms with E-state index in [1.54, 1.807) is 11.8 Å². The summed E-state index contributed by atoms with van der Waals surface area (Å²) in [5, 5.41) is 7.52. The largest absolute Gasteiger partial charge is 0.326 e. The molecule has 0 saturated carbocycles. The molecule has 1 aliphatic rings. The first-order valence-corrected chi connectivity index (χ1v) is 10.6. The highest BCUT2D eigenvalue weighted by molar-refractivity contribution is 7.98. The number of hydrogen-bond donors (Lipinski definition) is 1. The van der Waals surface area contributed by atoms with E-state index in [1.807, 2.05) is 35.2 Å². The average molecular weight is 378 g/mol. The number of carbonyl (C=O) groups is 1. The van der Waals surface area contributed by atoms with Crippen molar-refractivity contribution in [2.45, 2.75) is 30.7 Å². The van der Waals surface area contributed by atoms with Crippen molar-refractivity contribution in [3.8, 4) is 11.3 Å². The molecule has 1 N–H and O–H groups in total.